The van der Waals surface area contributed by atoms with Crippen LogP contribution in [0.5, 0.6) is 0 Å². The molecule has 1 aliphatic rings. The number of aromatic nitrogens is 2. The third-order valence-electron chi connectivity index (χ3n) is 4.09. The number of aryl methyl sites for hydroxylation is 2. The lowest BCUT2D eigenvalue weighted by molar-refractivity contribution is -0.133. The quantitative estimate of drug-likeness (QED) is 0.764. The van der Waals surface area contributed by atoms with Crippen LogP contribution in [0.2, 0.25) is 0 Å². The summed E-state index contributed by atoms with van der Waals surface area (Å²) >= 11 is 0. The number of hydrogen-bond acceptors (Lipinski definition) is 5. The number of carbonyl (C=O) groups is 1. The molecule has 138 valence electrons. The van der Waals surface area contributed by atoms with Crippen molar-refractivity contribution < 1.29 is 13.2 Å². The van der Waals surface area contributed by atoms with E-state index >= 15 is 0 Å². The predicted octanol–water partition coefficient (Wildman–Crippen LogP) is -0.0542. The van der Waals surface area contributed by atoms with Gasteiger partial charge in [0.05, 0.1) is 17.4 Å². The molecule has 1 saturated heterocycles. The lowest BCUT2D eigenvalue weighted by Gasteiger charge is -2.33. The highest BCUT2D eigenvalue weighted by Gasteiger charge is 2.30. The van der Waals surface area contributed by atoms with E-state index in [2.05, 4.69) is 15.1 Å². The molecule has 2 N–H and O–H groups in total. The monoisotopic (exact) mass is 379 g/mol. The third-order valence-corrected chi connectivity index (χ3v) is 5.89. The van der Waals surface area contributed by atoms with Gasteiger partial charge in [0.15, 0.2) is 0 Å². The van der Waals surface area contributed by atoms with Crippen molar-refractivity contribution in [3.05, 3.63) is 11.4 Å². The highest BCUT2D eigenvalue weighted by atomic mass is 35.5. The van der Waals surface area contributed by atoms with Gasteiger partial charge in [-0.25, -0.2) is 8.42 Å². The largest absolute Gasteiger partial charge is 0.338 e. The van der Waals surface area contributed by atoms with Crippen LogP contribution in [0.3, 0.4) is 0 Å². The van der Waals surface area contributed by atoms with E-state index in [9.17, 15) is 13.2 Å². The molecule has 2 unspecified atom stereocenters. The average molecular weight is 380 g/mol. The highest BCUT2D eigenvalue weighted by molar-refractivity contribution is 7.89. The SMILES string of the molecule is Cc1nn(C)c(C)c1S(=O)(=O)NC(C)C(=O)N1CCNC(C)C1.Cl. The molecule has 2 atom stereocenters. The molecular weight excluding hydrogens is 354 g/mol. The molecule has 1 amide bonds. The topological polar surface area (TPSA) is 96.3 Å². The minimum Gasteiger partial charge on any atom is -0.338 e. The Hall–Kier alpha value is -1.16. The fourth-order valence-electron chi connectivity index (χ4n) is 2.89. The van der Waals surface area contributed by atoms with Crippen LogP contribution < -0.4 is 10.0 Å². The van der Waals surface area contributed by atoms with E-state index in [1.807, 2.05) is 6.92 Å². The van der Waals surface area contributed by atoms with Crippen LogP contribution in [0.1, 0.15) is 25.2 Å². The standard InChI is InChI=1S/C14H25N5O3S.ClH/c1-9-8-19(7-6-15-9)14(20)11(3)17-23(21,22)13-10(2)16-18(5)12(13)4;/h9,11,15,17H,6-8H2,1-5H3;1H. The first kappa shape index (κ1) is 20.9. The van der Waals surface area contributed by atoms with Crippen molar-refractivity contribution in [2.75, 3.05) is 19.6 Å². The Bertz CT molecular complexity index is 704. The maximum Gasteiger partial charge on any atom is 0.244 e. The van der Waals surface area contributed by atoms with E-state index in [0.29, 0.717) is 31.0 Å². The molecule has 0 aromatic carbocycles. The summed E-state index contributed by atoms with van der Waals surface area (Å²) < 4.78 is 29.2. The summed E-state index contributed by atoms with van der Waals surface area (Å²) in [6.45, 7) is 8.79. The second-order valence-electron chi connectivity index (χ2n) is 6.11. The fourth-order valence-corrected chi connectivity index (χ4v) is 4.53. The molecule has 2 heterocycles. The van der Waals surface area contributed by atoms with Gasteiger partial charge in [0.2, 0.25) is 15.9 Å². The van der Waals surface area contributed by atoms with Crippen molar-refractivity contribution in [2.45, 2.75) is 44.7 Å². The summed E-state index contributed by atoms with van der Waals surface area (Å²) in [6, 6.07) is -0.608. The molecule has 0 aliphatic carbocycles. The molecule has 1 aliphatic heterocycles. The Morgan fingerprint density at radius 1 is 1.42 bits per heavy atom. The Kier molecular flexibility index (Phi) is 6.80. The average Bonchev–Trinajstić information content (AvgIpc) is 2.71. The molecule has 10 heteroatoms. The van der Waals surface area contributed by atoms with Gasteiger partial charge in [0.1, 0.15) is 4.90 Å². The van der Waals surface area contributed by atoms with Crippen LogP contribution in [0.25, 0.3) is 0 Å². The smallest absolute Gasteiger partial charge is 0.244 e. The predicted molar refractivity (Wildman–Crippen MR) is 93.8 cm³/mol. The molecule has 1 aromatic heterocycles. The van der Waals surface area contributed by atoms with Gasteiger partial charge >= 0.3 is 0 Å². The van der Waals surface area contributed by atoms with E-state index in [1.165, 1.54) is 4.68 Å². The summed E-state index contributed by atoms with van der Waals surface area (Å²) in [6.07, 6.45) is 0. The van der Waals surface area contributed by atoms with Crippen LogP contribution in [0.4, 0.5) is 0 Å². The van der Waals surface area contributed by atoms with Crippen molar-refractivity contribution in [2.24, 2.45) is 7.05 Å². The molecule has 8 nitrogen and oxygen atoms in total. The van der Waals surface area contributed by atoms with Crippen molar-refractivity contribution in [3.8, 4) is 0 Å². The Morgan fingerprint density at radius 2 is 2.04 bits per heavy atom. The number of rotatable bonds is 4. The van der Waals surface area contributed by atoms with Crippen LogP contribution in [-0.2, 0) is 21.9 Å². The van der Waals surface area contributed by atoms with E-state index in [0.717, 1.165) is 0 Å². The van der Waals surface area contributed by atoms with Gasteiger partial charge in [-0.3, -0.25) is 9.48 Å². The summed E-state index contributed by atoms with van der Waals surface area (Å²) in [5.74, 6) is -0.207. The van der Waals surface area contributed by atoms with Crippen molar-refractivity contribution in [1.82, 2.24) is 24.7 Å². The van der Waals surface area contributed by atoms with Crippen LogP contribution in [0, 0.1) is 13.8 Å². The van der Waals surface area contributed by atoms with Gasteiger partial charge in [0.25, 0.3) is 0 Å². The number of piperazine rings is 1. The minimum absolute atomic E-state index is 0. The molecule has 0 bridgehead atoms. The lowest BCUT2D eigenvalue weighted by atomic mass is 10.2. The van der Waals surface area contributed by atoms with Crippen molar-refractivity contribution >= 4 is 28.3 Å². The van der Waals surface area contributed by atoms with Crippen LogP contribution in [-0.4, -0.2) is 60.7 Å². The summed E-state index contributed by atoms with van der Waals surface area (Å²) in [7, 11) is -2.10. The van der Waals surface area contributed by atoms with Crippen LogP contribution >= 0.6 is 12.4 Å². The lowest BCUT2D eigenvalue weighted by Crippen LogP contribution is -2.56. The Morgan fingerprint density at radius 3 is 2.54 bits per heavy atom. The van der Waals surface area contributed by atoms with Gasteiger partial charge in [-0.15, -0.1) is 12.4 Å². The second kappa shape index (κ2) is 7.81. The first-order valence-corrected chi connectivity index (χ1v) is 9.16. The first-order valence-electron chi connectivity index (χ1n) is 7.68. The number of nitrogens with zero attached hydrogens (tertiary/aromatic N) is 3. The minimum atomic E-state index is -3.79. The highest BCUT2D eigenvalue weighted by Crippen LogP contribution is 2.19. The molecule has 0 spiro atoms. The van der Waals surface area contributed by atoms with Crippen LogP contribution in [0.15, 0.2) is 4.90 Å². The zero-order valence-corrected chi connectivity index (χ0v) is 16.3. The van der Waals surface area contributed by atoms with Crippen molar-refractivity contribution in [1.29, 1.82) is 0 Å². The third kappa shape index (κ3) is 4.27. The van der Waals surface area contributed by atoms with E-state index in [4.69, 9.17) is 0 Å². The van der Waals surface area contributed by atoms with E-state index in [-0.39, 0.29) is 29.3 Å². The number of halogens is 1. The van der Waals surface area contributed by atoms with E-state index in [1.54, 1.807) is 32.7 Å². The number of hydrogen-bond donors (Lipinski definition) is 2. The van der Waals surface area contributed by atoms with Gasteiger partial charge < -0.3 is 10.2 Å². The molecule has 0 radical (unpaired) electrons. The summed E-state index contributed by atoms with van der Waals surface area (Å²) in [5.41, 5.74) is 0.971. The number of carbonyl (C=O) groups excluding carboxylic acids is 1. The number of nitrogens with one attached hydrogen (secondary N) is 2. The number of amides is 1. The van der Waals surface area contributed by atoms with Gasteiger partial charge in [0, 0.05) is 32.7 Å². The zero-order chi connectivity index (χ0) is 17.4. The fraction of sp³-hybridized carbons (Fsp3) is 0.714. The Labute approximate surface area is 149 Å². The maximum atomic E-state index is 12.6. The van der Waals surface area contributed by atoms with Gasteiger partial charge in [-0.05, 0) is 27.7 Å². The molecule has 24 heavy (non-hydrogen) atoms. The molecular formula is C14H26ClN5O3S. The van der Waals surface area contributed by atoms with Gasteiger partial charge in [-0.2, -0.15) is 9.82 Å². The molecule has 2 rings (SSSR count). The zero-order valence-electron chi connectivity index (χ0n) is 14.7. The number of sulfonamides is 1. The summed E-state index contributed by atoms with van der Waals surface area (Å²) in [5, 5.41) is 7.38. The van der Waals surface area contributed by atoms with Crippen molar-refractivity contribution in [3.63, 3.8) is 0 Å². The van der Waals surface area contributed by atoms with E-state index < -0.39 is 16.1 Å². The maximum absolute atomic E-state index is 12.6. The molecule has 0 saturated carbocycles. The molecule has 1 aromatic rings. The summed E-state index contributed by atoms with van der Waals surface area (Å²) in [4.78, 5) is 14.3. The Balaban J connectivity index is 0.00000288. The molecule has 1 fully saturated rings. The normalized spacial score (nSPS) is 19.7. The van der Waals surface area contributed by atoms with Gasteiger partial charge in [-0.1, -0.05) is 0 Å². The first-order chi connectivity index (χ1) is 10.6. The second-order valence-corrected chi connectivity index (χ2v) is 7.76.